The van der Waals surface area contributed by atoms with Crippen LogP contribution in [0.2, 0.25) is 0 Å². The van der Waals surface area contributed by atoms with E-state index < -0.39 is 0 Å². The molecule has 1 amide bonds. The molecule has 0 atom stereocenters. The smallest absolute Gasteiger partial charge is 0.252 e. The van der Waals surface area contributed by atoms with Crippen molar-refractivity contribution in [2.75, 3.05) is 6.54 Å². The fourth-order valence-electron chi connectivity index (χ4n) is 3.31. The Morgan fingerprint density at radius 3 is 3.00 bits per heavy atom. The molecule has 124 valence electrons. The Hall–Kier alpha value is -1.98. The lowest BCUT2D eigenvalue weighted by Crippen LogP contribution is -2.25. The van der Waals surface area contributed by atoms with Crippen molar-refractivity contribution in [3.05, 3.63) is 24.3 Å². The molecule has 0 unspecified atom stereocenters. The van der Waals surface area contributed by atoms with Crippen LogP contribution in [0.3, 0.4) is 0 Å². The second-order valence-corrected chi connectivity index (χ2v) is 6.46. The van der Waals surface area contributed by atoms with Gasteiger partial charge in [-0.1, -0.05) is 32.1 Å². The van der Waals surface area contributed by atoms with Crippen molar-refractivity contribution in [3.8, 4) is 0 Å². The van der Waals surface area contributed by atoms with Crippen LogP contribution in [0.1, 0.15) is 56.9 Å². The molecule has 0 spiro atoms. The molecule has 1 aliphatic rings. The number of hydrogen-bond acceptors (Lipinski definition) is 4. The first-order valence-electron chi connectivity index (χ1n) is 8.72. The topological polar surface area (TPSA) is 72.2 Å². The van der Waals surface area contributed by atoms with Gasteiger partial charge in [-0.05, 0) is 30.7 Å². The summed E-state index contributed by atoms with van der Waals surface area (Å²) in [5.74, 6) is 1.58. The lowest BCUT2D eigenvalue weighted by Gasteiger charge is -2.20. The first kappa shape index (κ1) is 15.9. The quantitative estimate of drug-likeness (QED) is 0.797. The van der Waals surface area contributed by atoms with E-state index in [0.717, 1.165) is 37.3 Å². The van der Waals surface area contributed by atoms with Crippen LogP contribution in [-0.2, 0) is 11.2 Å². The van der Waals surface area contributed by atoms with E-state index in [-0.39, 0.29) is 5.91 Å². The van der Waals surface area contributed by atoms with E-state index in [9.17, 15) is 4.79 Å². The van der Waals surface area contributed by atoms with Gasteiger partial charge in [0.2, 0.25) is 5.91 Å². The molecular formula is C17H25N5O. The summed E-state index contributed by atoms with van der Waals surface area (Å²) in [6.45, 7) is 0.721. The fourth-order valence-corrected chi connectivity index (χ4v) is 3.31. The molecule has 2 aromatic rings. The number of aromatic nitrogens is 4. The summed E-state index contributed by atoms with van der Waals surface area (Å²) in [6.07, 6.45) is 15.5. The molecule has 2 heterocycles. The SMILES string of the molecule is O=C(CCC1CCCCC1)NCCCc1cnc2ncnn2c1. The Morgan fingerprint density at radius 2 is 2.13 bits per heavy atom. The number of hydrogen-bond donors (Lipinski definition) is 1. The third-order valence-electron chi connectivity index (χ3n) is 4.66. The highest BCUT2D eigenvalue weighted by atomic mass is 16.1. The Morgan fingerprint density at radius 1 is 1.26 bits per heavy atom. The minimum atomic E-state index is 0.195. The average Bonchev–Trinajstić information content (AvgIpc) is 3.05. The van der Waals surface area contributed by atoms with E-state index in [2.05, 4.69) is 20.4 Å². The minimum Gasteiger partial charge on any atom is -0.356 e. The van der Waals surface area contributed by atoms with Crippen LogP contribution in [0.15, 0.2) is 18.7 Å². The summed E-state index contributed by atoms with van der Waals surface area (Å²) < 4.78 is 1.68. The third-order valence-corrected chi connectivity index (χ3v) is 4.66. The first-order valence-corrected chi connectivity index (χ1v) is 8.72. The van der Waals surface area contributed by atoms with Crippen LogP contribution in [-0.4, -0.2) is 32.0 Å². The Kier molecular flexibility index (Phi) is 5.56. The molecule has 0 radical (unpaired) electrons. The Bertz CT molecular complexity index is 633. The van der Waals surface area contributed by atoms with Gasteiger partial charge in [-0.25, -0.2) is 9.50 Å². The number of aryl methyl sites for hydroxylation is 1. The predicted molar refractivity (Wildman–Crippen MR) is 87.9 cm³/mol. The molecular weight excluding hydrogens is 290 g/mol. The first-order chi connectivity index (χ1) is 11.3. The van der Waals surface area contributed by atoms with Crippen LogP contribution < -0.4 is 5.32 Å². The van der Waals surface area contributed by atoms with Gasteiger partial charge in [-0.2, -0.15) is 10.1 Å². The monoisotopic (exact) mass is 315 g/mol. The summed E-state index contributed by atoms with van der Waals surface area (Å²) in [6, 6.07) is 0. The zero-order valence-electron chi connectivity index (χ0n) is 13.6. The van der Waals surface area contributed by atoms with Gasteiger partial charge in [0, 0.05) is 25.4 Å². The molecule has 0 saturated heterocycles. The van der Waals surface area contributed by atoms with Crippen molar-refractivity contribution in [2.45, 2.75) is 57.8 Å². The zero-order chi connectivity index (χ0) is 15.9. The van der Waals surface area contributed by atoms with Gasteiger partial charge in [0.1, 0.15) is 6.33 Å². The maximum absolute atomic E-state index is 11.9. The van der Waals surface area contributed by atoms with Gasteiger partial charge in [-0.15, -0.1) is 0 Å². The second kappa shape index (κ2) is 8.04. The molecule has 23 heavy (non-hydrogen) atoms. The largest absolute Gasteiger partial charge is 0.356 e. The van der Waals surface area contributed by atoms with Gasteiger partial charge in [0.15, 0.2) is 0 Å². The number of carbonyl (C=O) groups is 1. The highest BCUT2D eigenvalue weighted by Crippen LogP contribution is 2.27. The zero-order valence-corrected chi connectivity index (χ0v) is 13.6. The van der Waals surface area contributed by atoms with Crippen molar-refractivity contribution in [3.63, 3.8) is 0 Å². The Balaban J connectivity index is 1.31. The molecule has 2 aromatic heterocycles. The van der Waals surface area contributed by atoms with E-state index in [0.29, 0.717) is 12.2 Å². The standard InChI is InChI=1S/C17H25N5O/c23-16(9-8-14-5-2-1-3-6-14)18-10-4-7-15-11-19-17-20-13-21-22(17)12-15/h11-14H,1-10H2,(H,18,23). The third kappa shape index (κ3) is 4.74. The number of fused-ring (bicyclic) bond motifs is 1. The molecule has 1 fully saturated rings. The summed E-state index contributed by atoms with van der Waals surface area (Å²) >= 11 is 0. The molecule has 1 aliphatic carbocycles. The van der Waals surface area contributed by atoms with E-state index in [1.165, 1.54) is 38.4 Å². The summed E-state index contributed by atoms with van der Waals surface area (Å²) in [7, 11) is 0. The molecule has 0 bridgehead atoms. The van der Waals surface area contributed by atoms with Crippen LogP contribution >= 0.6 is 0 Å². The van der Waals surface area contributed by atoms with Gasteiger partial charge >= 0.3 is 0 Å². The lowest BCUT2D eigenvalue weighted by molar-refractivity contribution is -0.121. The lowest BCUT2D eigenvalue weighted by atomic mass is 9.86. The molecule has 1 saturated carbocycles. The van der Waals surface area contributed by atoms with Gasteiger partial charge in [0.05, 0.1) is 0 Å². The number of amides is 1. The van der Waals surface area contributed by atoms with Crippen molar-refractivity contribution in [1.29, 1.82) is 0 Å². The van der Waals surface area contributed by atoms with E-state index in [1.807, 2.05) is 12.4 Å². The maximum Gasteiger partial charge on any atom is 0.252 e. The van der Waals surface area contributed by atoms with Crippen molar-refractivity contribution < 1.29 is 4.79 Å². The summed E-state index contributed by atoms with van der Waals surface area (Å²) in [5, 5.41) is 7.11. The van der Waals surface area contributed by atoms with E-state index in [4.69, 9.17) is 0 Å². The van der Waals surface area contributed by atoms with E-state index in [1.54, 1.807) is 4.52 Å². The number of nitrogens with zero attached hydrogens (tertiary/aromatic N) is 4. The van der Waals surface area contributed by atoms with E-state index >= 15 is 0 Å². The minimum absolute atomic E-state index is 0.195. The van der Waals surface area contributed by atoms with Crippen LogP contribution in [0, 0.1) is 5.92 Å². The molecule has 6 nitrogen and oxygen atoms in total. The molecule has 3 rings (SSSR count). The number of nitrogens with one attached hydrogen (secondary N) is 1. The van der Waals surface area contributed by atoms with Crippen molar-refractivity contribution in [1.82, 2.24) is 24.9 Å². The van der Waals surface area contributed by atoms with Gasteiger partial charge < -0.3 is 5.32 Å². The summed E-state index contributed by atoms with van der Waals surface area (Å²) in [5.41, 5.74) is 1.11. The number of carbonyl (C=O) groups excluding carboxylic acids is 1. The maximum atomic E-state index is 11.9. The van der Waals surface area contributed by atoms with Crippen LogP contribution in [0.4, 0.5) is 0 Å². The second-order valence-electron chi connectivity index (χ2n) is 6.46. The highest BCUT2D eigenvalue weighted by molar-refractivity contribution is 5.75. The van der Waals surface area contributed by atoms with Crippen LogP contribution in [0.25, 0.3) is 5.78 Å². The van der Waals surface area contributed by atoms with Crippen LogP contribution in [0.5, 0.6) is 0 Å². The fraction of sp³-hybridized carbons (Fsp3) is 0.647. The normalized spacial score (nSPS) is 15.8. The highest BCUT2D eigenvalue weighted by Gasteiger charge is 2.14. The predicted octanol–water partition coefficient (Wildman–Crippen LogP) is 2.53. The molecule has 0 aromatic carbocycles. The van der Waals surface area contributed by atoms with Gasteiger partial charge in [-0.3, -0.25) is 4.79 Å². The Labute approximate surface area is 136 Å². The average molecular weight is 315 g/mol. The van der Waals surface area contributed by atoms with Crippen molar-refractivity contribution >= 4 is 11.7 Å². The summed E-state index contributed by atoms with van der Waals surface area (Å²) in [4.78, 5) is 20.2. The number of rotatable bonds is 7. The van der Waals surface area contributed by atoms with Crippen molar-refractivity contribution in [2.24, 2.45) is 5.92 Å². The molecule has 6 heteroatoms. The molecule has 1 N–H and O–H groups in total. The van der Waals surface area contributed by atoms with Gasteiger partial charge in [0.25, 0.3) is 5.78 Å². The molecule has 0 aliphatic heterocycles.